The van der Waals surface area contributed by atoms with Crippen LogP contribution in [0.15, 0.2) is 91.1 Å². The molecule has 0 saturated carbocycles. The van der Waals surface area contributed by atoms with Crippen molar-refractivity contribution in [3.05, 3.63) is 112 Å². The van der Waals surface area contributed by atoms with E-state index in [1.807, 2.05) is 66.9 Å². The number of amides is 1. The Balaban J connectivity index is 1.51. The van der Waals surface area contributed by atoms with Gasteiger partial charge in [-0.1, -0.05) is 60.7 Å². The molecule has 31 heavy (non-hydrogen) atoms. The maximum atomic E-state index is 12.5. The van der Waals surface area contributed by atoms with E-state index >= 15 is 0 Å². The van der Waals surface area contributed by atoms with Crippen LogP contribution in [0.4, 0.5) is 5.69 Å². The topological polar surface area (TPSA) is 90.1 Å². The molecule has 7 heteroatoms. The molecule has 154 valence electrons. The number of nitro benzene ring substituents is 1. The fourth-order valence-corrected chi connectivity index (χ4v) is 3.27. The number of non-ortho nitro benzene ring substituents is 1. The molecule has 1 aromatic heterocycles. The van der Waals surface area contributed by atoms with Crippen LogP contribution >= 0.6 is 0 Å². The summed E-state index contributed by atoms with van der Waals surface area (Å²) in [6, 6.07) is 25.6. The van der Waals surface area contributed by atoms with E-state index in [9.17, 15) is 14.9 Å². The van der Waals surface area contributed by atoms with Crippen LogP contribution < -0.4 is 5.32 Å². The van der Waals surface area contributed by atoms with E-state index in [0.717, 1.165) is 22.5 Å². The second-order valence-corrected chi connectivity index (χ2v) is 7.03. The fourth-order valence-electron chi connectivity index (χ4n) is 3.27. The van der Waals surface area contributed by atoms with Crippen LogP contribution in [0, 0.1) is 10.1 Å². The predicted octanol–water partition coefficient (Wildman–Crippen LogP) is 4.31. The minimum absolute atomic E-state index is 0.00462. The third kappa shape index (κ3) is 4.84. The summed E-state index contributed by atoms with van der Waals surface area (Å²) in [5.74, 6) is -0.166. The Labute approximate surface area is 179 Å². The Morgan fingerprint density at radius 2 is 1.58 bits per heavy atom. The van der Waals surface area contributed by atoms with E-state index in [4.69, 9.17) is 5.10 Å². The van der Waals surface area contributed by atoms with Crippen molar-refractivity contribution in [2.45, 2.75) is 13.0 Å². The number of nitrogens with one attached hydrogen (secondary N) is 1. The van der Waals surface area contributed by atoms with E-state index < -0.39 is 4.92 Å². The lowest BCUT2D eigenvalue weighted by molar-refractivity contribution is -0.384. The summed E-state index contributed by atoms with van der Waals surface area (Å²) in [4.78, 5) is 22.8. The molecular weight excluding hydrogens is 392 g/mol. The van der Waals surface area contributed by atoms with E-state index in [-0.39, 0.29) is 18.0 Å². The lowest BCUT2D eigenvalue weighted by Gasteiger charge is -2.06. The van der Waals surface area contributed by atoms with E-state index in [1.54, 1.807) is 16.8 Å². The molecule has 0 bridgehead atoms. The number of carbonyl (C=O) groups is 1. The fraction of sp³-hybridized carbons (Fsp3) is 0.0833. The maximum Gasteiger partial charge on any atom is 0.269 e. The van der Waals surface area contributed by atoms with Gasteiger partial charge in [0.05, 0.1) is 22.7 Å². The molecule has 1 N–H and O–H groups in total. The van der Waals surface area contributed by atoms with Gasteiger partial charge >= 0.3 is 0 Å². The molecule has 0 saturated heterocycles. The highest BCUT2D eigenvalue weighted by Crippen LogP contribution is 2.23. The molecule has 0 atom stereocenters. The molecule has 0 unspecified atom stereocenters. The number of carbonyl (C=O) groups excluding carboxylic acids is 1. The normalized spacial score (nSPS) is 10.6. The van der Waals surface area contributed by atoms with Gasteiger partial charge in [0.1, 0.15) is 0 Å². The number of hydrogen-bond donors (Lipinski definition) is 1. The number of rotatable bonds is 7. The Hall–Kier alpha value is -4.26. The van der Waals surface area contributed by atoms with Gasteiger partial charge in [-0.25, -0.2) is 4.68 Å². The molecule has 0 spiro atoms. The van der Waals surface area contributed by atoms with Crippen LogP contribution in [0.5, 0.6) is 0 Å². The first-order valence-electron chi connectivity index (χ1n) is 9.79. The van der Waals surface area contributed by atoms with Crippen molar-refractivity contribution < 1.29 is 9.72 Å². The highest BCUT2D eigenvalue weighted by atomic mass is 16.6. The Morgan fingerprint density at radius 1 is 0.935 bits per heavy atom. The maximum absolute atomic E-state index is 12.5. The molecule has 4 rings (SSSR count). The first kappa shape index (κ1) is 20.0. The highest BCUT2D eigenvalue weighted by molar-refractivity contribution is 5.79. The van der Waals surface area contributed by atoms with Crippen molar-refractivity contribution in [2.24, 2.45) is 0 Å². The minimum Gasteiger partial charge on any atom is -0.352 e. The molecule has 0 aliphatic rings. The SMILES string of the molecule is O=C(Cc1ccc([N+](=O)[O-])cc1)NCc1cn(-c2ccccc2)nc1-c1ccccc1. The molecule has 3 aromatic carbocycles. The largest absolute Gasteiger partial charge is 0.352 e. The lowest BCUT2D eigenvalue weighted by Crippen LogP contribution is -2.24. The molecule has 0 radical (unpaired) electrons. The number of nitrogens with zero attached hydrogens (tertiary/aromatic N) is 3. The first-order valence-corrected chi connectivity index (χ1v) is 9.79. The summed E-state index contributed by atoms with van der Waals surface area (Å²) >= 11 is 0. The Morgan fingerprint density at radius 3 is 2.23 bits per heavy atom. The van der Waals surface area contributed by atoms with Gasteiger partial charge in [0.2, 0.25) is 5.91 Å². The van der Waals surface area contributed by atoms with Gasteiger partial charge < -0.3 is 5.32 Å². The minimum atomic E-state index is -0.459. The standard InChI is InChI=1S/C24H20N4O3/c29-23(15-18-11-13-22(14-12-18)28(30)31)25-16-20-17-27(21-9-5-2-6-10-21)26-24(20)19-7-3-1-4-8-19/h1-14,17H,15-16H2,(H,25,29). The third-order valence-electron chi connectivity index (χ3n) is 4.85. The molecule has 1 heterocycles. The van der Waals surface area contributed by atoms with Crippen LogP contribution in [0.1, 0.15) is 11.1 Å². The van der Waals surface area contributed by atoms with Gasteiger partial charge in [0.25, 0.3) is 5.69 Å². The summed E-state index contributed by atoms with van der Waals surface area (Å²) in [6.07, 6.45) is 2.06. The van der Waals surface area contributed by atoms with Crippen molar-refractivity contribution in [1.82, 2.24) is 15.1 Å². The van der Waals surface area contributed by atoms with Crippen molar-refractivity contribution in [1.29, 1.82) is 0 Å². The zero-order valence-electron chi connectivity index (χ0n) is 16.6. The summed E-state index contributed by atoms with van der Waals surface area (Å²) in [5, 5.41) is 18.4. The summed E-state index contributed by atoms with van der Waals surface area (Å²) in [5.41, 5.74) is 4.32. The van der Waals surface area contributed by atoms with E-state index in [2.05, 4.69) is 5.32 Å². The highest BCUT2D eigenvalue weighted by Gasteiger charge is 2.14. The zero-order chi connectivity index (χ0) is 21.6. The van der Waals surface area contributed by atoms with Crippen LogP contribution in [0.2, 0.25) is 0 Å². The van der Waals surface area contributed by atoms with Gasteiger partial charge in [-0.15, -0.1) is 0 Å². The molecule has 1 amide bonds. The van der Waals surface area contributed by atoms with Crippen LogP contribution in [-0.2, 0) is 17.8 Å². The van der Waals surface area contributed by atoms with Crippen molar-refractivity contribution in [3.63, 3.8) is 0 Å². The van der Waals surface area contributed by atoms with Gasteiger partial charge in [-0.2, -0.15) is 5.10 Å². The molecule has 0 fully saturated rings. The quantitative estimate of drug-likeness (QED) is 0.362. The number of benzene rings is 3. The first-order chi connectivity index (χ1) is 15.1. The number of hydrogen-bond acceptors (Lipinski definition) is 4. The van der Waals surface area contributed by atoms with E-state index in [1.165, 1.54) is 12.1 Å². The van der Waals surface area contributed by atoms with E-state index in [0.29, 0.717) is 12.1 Å². The van der Waals surface area contributed by atoms with Gasteiger partial charge in [0.15, 0.2) is 0 Å². The Kier molecular flexibility index (Phi) is 5.84. The summed E-state index contributed by atoms with van der Waals surface area (Å²) in [7, 11) is 0. The number of aromatic nitrogens is 2. The van der Waals surface area contributed by atoms with Crippen LogP contribution in [0.25, 0.3) is 16.9 Å². The zero-order valence-corrected chi connectivity index (χ0v) is 16.6. The average molecular weight is 412 g/mol. The van der Waals surface area contributed by atoms with Gasteiger partial charge in [-0.05, 0) is 17.7 Å². The van der Waals surface area contributed by atoms with Crippen molar-refractivity contribution in [3.8, 4) is 16.9 Å². The summed E-state index contributed by atoms with van der Waals surface area (Å²) < 4.78 is 1.81. The molecule has 4 aromatic rings. The smallest absolute Gasteiger partial charge is 0.269 e. The monoisotopic (exact) mass is 412 g/mol. The average Bonchev–Trinajstić information content (AvgIpc) is 3.24. The van der Waals surface area contributed by atoms with Crippen molar-refractivity contribution in [2.75, 3.05) is 0 Å². The van der Waals surface area contributed by atoms with Crippen LogP contribution in [0.3, 0.4) is 0 Å². The summed E-state index contributed by atoms with van der Waals surface area (Å²) in [6.45, 7) is 0.322. The molecular formula is C24H20N4O3. The number of para-hydroxylation sites is 1. The molecule has 0 aliphatic carbocycles. The molecule has 7 nitrogen and oxygen atoms in total. The van der Waals surface area contributed by atoms with Gasteiger partial charge in [0, 0.05) is 36.0 Å². The Bertz CT molecular complexity index is 1190. The van der Waals surface area contributed by atoms with Crippen LogP contribution in [-0.4, -0.2) is 20.6 Å². The van der Waals surface area contributed by atoms with Gasteiger partial charge in [-0.3, -0.25) is 14.9 Å². The van der Waals surface area contributed by atoms with Crippen molar-refractivity contribution >= 4 is 11.6 Å². The number of nitro groups is 1. The second-order valence-electron chi connectivity index (χ2n) is 7.03. The lowest BCUT2D eigenvalue weighted by atomic mass is 10.1. The third-order valence-corrected chi connectivity index (χ3v) is 4.85. The predicted molar refractivity (Wildman–Crippen MR) is 118 cm³/mol. The molecule has 0 aliphatic heterocycles. The second kappa shape index (κ2) is 9.04.